The number of hydrogen-bond acceptors (Lipinski definition) is 4. The van der Waals surface area contributed by atoms with Crippen LogP contribution in [0, 0.1) is 0 Å². The first-order valence-corrected chi connectivity index (χ1v) is 11.9. The Morgan fingerprint density at radius 1 is 1.03 bits per heavy atom. The molecule has 2 aliphatic carbocycles. The summed E-state index contributed by atoms with van der Waals surface area (Å²) in [6.07, 6.45) is 8.84. The Bertz CT molecular complexity index is 1060. The van der Waals surface area contributed by atoms with E-state index in [9.17, 15) is 0 Å². The molecular weight excluding hydrogens is 396 g/mol. The zero-order valence-electron chi connectivity index (χ0n) is 19.1. The Balaban J connectivity index is 1.39. The van der Waals surface area contributed by atoms with Crippen LogP contribution in [-0.2, 0) is 19.3 Å². The van der Waals surface area contributed by atoms with Crippen molar-refractivity contribution in [2.75, 3.05) is 20.2 Å². The highest BCUT2D eigenvalue weighted by atomic mass is 16.5. The van der Waals surface area contributed by atoms with Gasteiger partial charge in [0, 0.05) is 19.0 Å². The molecular formula is C28H32N2O2. The molecule has 0 unspecified atom stereocenters. The van der Waals surface area contributed by atoms with Crippen LogP contribution in [0.25, 0.3) is 5.57 Å². The van der Waals surface area contributed by atoms with Gasteiger partial charge in [-0.05, 0) is 79.1 Å². The van der Waals surface area contributed by atoms with Gasteiger partial charge in [0.05, 0.1) is 12.2 Å². The van der Waals surface area contributed by atoms with Crippen LogP contribution >= 0.6 is 0 Å². The molecule has 1 heterocycles. The molecule has 0 aliphatic heterocycles. The van der Waals surface area contributed by atoms with E-state index >= 15 is 0 Å². The van der Waals surface area contributed by atoms with Crippen LogP contribution < -0.4 is 4.74 Å². The Morgan fingerprint density at radius 3 is 2.41 bits per heavy atom. The van der Waals surface area contributed by atoms with E-state index in [1.807, 2.05) is 6.92 Å². The van der Waals surface area contributed by atoms with E-state index in [1.165, 1.54) is 33.4 Å². The van der Waals surface area contributed by atoms with E-state index < -0.39 is 0 Å². The second kappa shape index (κ2) is 9.33. The number of rotatable bonds is 6. The lowest BCUT2D eigenvalue weighted by Crippen LogP contribution is -2.28. The molecule has 0 spiro atoms. The van der Waals surface area contributed by atoms with Crippen LogP contribution in [0.4, 0.5) is 0 Å². The van der Waals surface area contributed by atoms with Crippen LogP contribution in [0.2, 0.25) is 0 Å². The Morgan fingerprint density at radius 2 is 1.72 bits per heavy atom. The van der Waals surface area contributed by atoms with Gasteiger partial charge in [-0.3, -0.25) is 4.90 Å². The zero-order valence-corrected chi connectivity index (χ0v) is 19.1. The molecule has 5 rings (SSSR count). The summed E-state index contributed by atoms with van der Waals surface area (Å²) in [5.74, 6) is 1.69. The van der Waals surface area contributed by atoms with E-state index in [-0.39, 0.29) is 0 Å². The van der Waals surface area contributed by atoms with Gasteiger partial charge in [0.15, 0.2) is 0 Å². The zero-order chi connectivity index (χ0) is 21.9. The molecule has 2 aromatic carbocycles. The van der Waals surface area contributed by atoms with Crippen molar-refractivity contribution in [3.05, 3.63) is 88.2 Å². The summed E-state index contributed by atoms with van der Waals surface area (Å²) in [4.78, 5) is 2.45. The standard InChI is InChI=1S/C28H32N2O2/c1-3-31-28-27-25(15-8-16-26(27)32-29-28)30(2)19-9-14-24-22-12-6-4-10-20(22)17-18-21-11-5-7-13-23(21)24/h4-7,10-14,25H,3,8-9,15-19H2,1-2H3/t25-/m1/s1. The number of nitrogens with zero attached hydrogens (tertiary/aromatic N) is 2. The molecule has 4 nitrogen and oxygen atoms in total. The van der Waals surface area contributed by atoms with Crippen LogP contribution in [0.15, 0.2) is 59.1 Å². The van der Waals surface area contributed by atoms with Crippen molar-refractivity contribution in [2.24, 2.45) is 0 Å². The summed E-state index contributed by atoms with van der Waals surface area (Å²) in [6, 6.07) is 18.1. The van der Waals surface area contributed by atoms with Crippen molar-refractivity contribution in [1.29, 1.82) is 0 Å². The quantitative estimate of drug-likeness (QED) is 0.482. The van der Waals surface area contributed by atoms with Crippen LogP contribution in [0.5, 0.6) is 5.88 Å². The lowest BCUT2D eigenvalue weighted by Gasteiger charge is -2.30. The monoisotopic (exact) mass is 428 g/mol. The highest BCUT2D eigenvalue weighted by molar-refractivity contribution is 5.83. The largest absolute Gasteiger partial charge is 0.476 e. The maximum Gasteiger partial charge on any atom is 0.259 e. The second-order valence-corrected chi connectivity index (χ2v) is 8.87. The number of hydrogen-bond donors (Lipinski definition) is 0. The number of benzene rings is 2. The summed E-state index contributed by atoms with van der Waals surface area (Å²) in [6.45, 7) is 3.59. The highest BCUT2D eigenvalue weighted by Crippen LogP contribution is 2.40. The molecule has 0 fully saturated rings. The number of aryl methyl sites for hydroxylation is 3. The molecule has 1 aromatic heterocycles. The molecule has 0 saturated carbocycles. The maximum absolute atomic E-state index is 5.77. The van der Waals surface area contributed by atoms with E-state index in [2.05, 4.69) is 71.7 Å². The minimum atomic E-state index is 0.304. The van der Waals surface area contributed by atoms with E-state index in [1.54, 1.807) is 0 Å². The molecule has 166 valence electrons. The number of ether oxygens (including phenoxy) is 1. The van der Waals surface area contributed by atoms with Crippen molar-refractivity contribution in [3.8, 4) is 5.88 Å². The molecule has 0 saturated heterocycles. The third-order valence-corrected chi connectivity index (χ3v) is 6.91. The van der Waals surface area contributed by atoms with Gasteiger partial charge in [-0.1, -0.05) is 54.6 Å². The third kappa shape index (κ3) is 4.00. The number of fused-ring (bicyclic) bond motifs is 3. The fourth-order valence-electron chi connectivity index (χ4n) is 5.31. The fraction of sp³-hybridized carbons (Fsp3) is 0.393. The maximum atomic E-state index is 5.77. The molecule has 0 N–H and O–H groups in total. The minimum Gasteiger partial charge on any atom is -0.476 e. The molecule has 2 aliphatic rings. The van der Waals surface area contributed by atoms with Crippen LogP contribution in [0.3, 0.4) is 0 Å². The first-order chi connectivity index (χ1) is 15.8. The van der Waals surface area contributed by atoms with Crippen molar-refractivity contribution in [3.63, 3.8) is 0 Å². The molecule has 3 aromatic rings. The average Bonchev–Trinajstić information content (AvgIpc) is 3.17. The van der Waals surface area contributed by atoms with Gasteiger partial charge in [0.1, 0.15) is 5.76 Å². The van der Waals surface area contributed by atoms with Crippen molar-refractivity contribution in [2.45, 2.75) is 51.5 Å². The van der Waals surface area contributed by atoms with Gasteiger partial charge in [0.2, 0.25) is 0 Å². The smallest absolute Gasteiger partial charge is 0.259 e. The molecule has 1 atom stereocenters. The van der Waals surface area contributed by atoms with E-state index in [4.69, 9.17) is 9.26 Å². The molecule has 0 amide bonds. The predicted molar refractivity (Wildman–Crippen MR) is 128 cm³/mol. The molecule has 4 heteroatoms. The predicted octanol–water partition coefficient (Wildman–Crippen LogP) is 6.00. The fourth-order valence-corrected chi connectivity index (χ4v) is 5.31. The second-order valence-electron chi connectivity index (χ2n) is 8.87. The summed E-state index contributed by atoms with van der Waals surface area (Å²) in [5, 5.41) is 4.20. The average molecular weight is 429 g/mol. The van der Waals surface area contributed by atoms with Crippen molar-refractivity contribution < 1.29 is 9.26 Å². The third-order valence-electron chi connectivity index (χ3n) is 6.91. The lowest BCUT2D eigenvalue weighted by atomic mass is 9.91. The number of aromatic nitrogens is 1. The lowest BCUT2D eigenvalue weighted by molar-refractivity contribution is 0.214. The normalized spacial score (nSPS) is 17.3. The highest BCUT2D eigenvalue weighted by Gasteiger charge is 2.31. The first-order valence-electron chi connectivity index (χ1n) is 11.9. The Kier molecular flexibility index (Phi) is 6.13. The SMILES string of the molecule is CCOc1noc2c1[C@H](N(C)CCC=C1c3ccccc3CCc3ccccc31)CCC2. The van der Waals surface area contributed by atoms with Gasteiger partial charge in [0.25, 0.3) is 5.88 Å². The molecule has 0 radical (unpaired) electrons. The van der Waals surface area contributed by atoms with Crippen molar-refractivity contribution >= 4 is 5.57 Å². The van der Waals surface area contributed by atoms with E-state index in [0.717, 1.165) is 50.8 Å². The van der Waals surface area contributed by atoms with E-state index in [0.29, 0.717) is 18.5 Å². The van der Waals surface area contributed by atoms with Gasteiger partial charge >= 0.3 is 0 Å². The molecule has 0 bridgehead atoms. The summed E-state index contributed by atoms with van der Waals surface area (Å²) >= 11 is 0. The van der Waals surface area contributed by atoms with Gasteiger partial charge in [-0.15, -0.1) is 0 Å². The first kappa shape index (κ1) is 21.0. The summed E-state index contributed by atoms with van der Waals surface area (Å²) < 4.78 is 11.4. The summed E-state index contributed by atoms with van der Waals surface area (Å²) in [5.41, 5.74) is 8.22. The molecule has 32 heavy (non-hydrogen) atoms. The Hall–Kier alpha value is -2.85. The van der Waals surface area contributed by atoms with Crippen LogP contribution in [0.1, 0.15) is 65.8 Å². The summed E-state index contributed by atoms with van der Waals surface area (Å²) in [7, 11) is 2.22. The Labute approximate surface area is 190 Å². The van der Waals surface area contributed by atoms with Gasteiger partial charge in [-0.2, -0.15) is 0 Å². The minimum absolute atomic E-state index is 0.304. The van der Waals surface area contributed by atoms with Gasteiger partial charge < -0.3 is 9.26 Å². The van der Waals surface area contributed by atoms with Gasteiger partial charge in [-0.25, -0.2) is 0 Å². The topological polar surface area (TPSA) is 38.5 Å². The van der Waals surface area contributed by atoms with Crippen LogP contribution in [-0.4, -0.2) is 30.3 Å². The van der Waals surface area contributed by atoms with Crippen molar-refractivity contribution in [1.82, 2.24) is 10.1 Å².